The van der Waals surface area contributed by atoms with Gasteiger partial charge in [0, 0.05) is 62.4 Å². The van der Waals surface area contributed by atoms with Crippen molar-refractivity contribution in [2.75, 3.05) is 38.6 Å². The van der Waals surface area contributed by atoms with Crippen molar-refractivity contribution in [2.45, 2.75) is 19.8 Å². The maximum Gasteiger partial charge on any atom is 0.279 e. The molecule has 1 aromatic heterocycles. The van der Waals surface area contributed by atoms with Crippen LogP contribution >= 0.6 is 0 Å². The third kappa shape index (κ3) is 4.63. The molecule has 0 amide bonds. The molecule has 2 aromatic carbocycles. The first-order valence-corrected chi connectivity index (χ1v) is 11.4. The molecule has 1 atom stereocenters. The molecule has 0 spiro atoms. The van der Waals surface area contributed by atoms with E-state index in [4.69, 9.17) is 0 Å². The number of fused-ring (bicyclic) bond motifs is 1. The Kier molecular flexibility index (Phi) is 6.62. The average Bonchev–Trinajstić information content (AvgIpc) is 3.13. The van der Waals surface area contributed by atoms with Crippen LogP contribution in [-0.2, 0) is 10.2 Å². The lowest BCUT2D eigenvalue weighted by Crippen LogP contribution is -2.42. The topological polar surface area (TPSA) is 68.4 Å². The second kappa shape index (κ2) is 8.98. The van der Waals surface area contributed by atoms with E-state index in [-0.39, 0.29) is 5.92 Å². The molecule has 6 nitrogen and oxygen atoms in total. The first kappa shape index (κ1) is 21.4. The molecule has 7 heteroatoms. The number of hydrogen-bond acceptors (Lipinski definition) is 3. The zero-order chi connectivity index (χ0) is 21.0. The summed E-state index contributed by atoms with van der Waals surface area (Å²) in [5.41, 5.74) is 4.31. The summed E-state index contributed by atoms with van der Waals surface area (Å²) in [6, 6.07) is 16.4. The Morgan fingerprint density at radius 3 is 2.28 bits per heavy atom. The Morgan fingerprint density at radius 1 is 1.00 bits per heavy atom. The fraction of sp³-hybridized carbons (Fsp3) is 0.364. The molecule has 0 aliphatic rings. The Bertz CT molecular complexity index is 1040. The van der Waals surface area contributed by atoms with E-state index in [2.05, 4.69) is 40.0 Å². The first-order valence-electron chi connectivity index (χ1n) is 9.95. The molecule has 1 heterocycles. The highest BCUT2D eigenvalue weighted by Crippen LogP contribution is 2.31. The molecular formula is C22H30N4O2S. The fourth-order valence-electron chi connectivity index (χ4n) is 3.64. The second-order valence-corrected chi connectivity index (χ2v) is 9.02. The Hall–Kier alpha value is -2.35. The van der Waals surface area contributed by atoms with Crippen molar-refractivity contribution in [1.29, 1.82) is 0 Å². The lowest BCUT2D eigenvalue weighted by molar-refractivity contribution is 0.434. The fourth-order valence-corrected chi connectivity index (χ4v) is 4.88. The van der Waals surface area contributed by atoms with E-state index in [1.54, 1.807) is 0 Å². The Balaban J connectivity index is 1.98. The van der Waals surface area contributed by atoms with E-state index < -0.39 is 10.2 Å². The van der Waals surface area contributed by atoms with Crippen molar-refractivity contribution in [3.8, 4) is 0 Å². The number of hydrogen-bond donors (Lipinski definition) is 2. The molecule has 0 aliphatic carbocycles. The summed E-state index contributed by atoms with van der Waals surface area (Å²) in [6.07, 6.45) is 1.99. The van der Waals surface area contributed by atoms with Crippen LogP contribution in [-0.4, -0.2) is 51.4 Å². The van der Waals surface area contributed by atoms with Gasteiger partial charge in [0.05, 0.1) is 0 Å². The maximum atomic E-state index is 12.7. The molecule has 156 valence electrons. The maximum absolute atomic E-state index is 12.7. The van der Waals surface area contributed by atoms with Crippen molar-refractivity contribution in [3.05, 3.63) is 65.9 Å². The summed E-state index contributed by atoms with van der Waals surface area (Å²) in [5.74, 6) is -0.104. The molecule has 0 bridgehead atoms. The first-order chi connectivity index (χ1) is 13.9. The van der Waals surface area contributed by atoms with Crippen LogP contribution in [0.1, 0.15) is 30.9 Å². The smallest absolute Gasteiger partial charge is 0.279 e. The van der Waals surface area contributed by atoms with Crippen molar-refractivity contribution in [2.24, 2.45) is 0 Å². The lowest BCUT2D eigenvalue weighted by Gasteiger charge is -2.23. The van der Waals surface area contributed by atoms with Crippen LogP contribution in [0.5, 0.6) is 0 Å². The number of H-pyrrole nitrogens is 1. The molecule has 0 saturated heterocycles. The number of nitrogens with zero attached hydrogens (tertiary/aromatic N) is 2. The standard InChI is InChI=1S/C22H30N4O2S/c1-5-26(6-2)29(27,28)24-16-20(17-11-13-18(14-12-17)25(3)4)21-15-23-22-10-8-7-9-19(21)22/h7-15,20,23-24H,5-6,16H2,1-4H3. The number of benzene rings is 2. The lowest BCUT2D eigenvalue weighted by atomic mass is 9.91. The quantitative estimate of drug-likeness (QED) is 0.563. The molecule has 0 saturated carbocycles. The van der Waals surface area contributed by atoms with Crippen molar-refractivity contribution in [1.82, 2.24) is 14.0 Å². The van der Waals surface area contributed by atoms with Crippen molar-refractivity contribution >= 4 is 26.8 Å². The van der Waals surface area contributed by atoms with Crippen LogP contribution < -0.4 is 9.62 Å². The summed E-state index contributed by atoms with van der Waals surface area (Å²) in [4.78, 5) is 5.36. The van der Waals surface area contributed by atoms with Crippen molar-refractivity contribution < 1.29 is 8.42 Å². The second-order valence-electron chi connectivity index (χ2n) is 7.27. The monoisotopic (exact) mass is 414 g/mol. The van der Waals surface area contributed by atoms with E-state index in [9.17, 15) is 8.42 Å². The van der Waals surface area contributed by atoms with E-state index in [1.165, 1.54) is 4.31 Å². The largest absolute Gasteiger partial charge is 0.378 e. The van der Waals surface area contributed by atoms with E-state index in [0.29, 0.717) is 19.6 Å². The van der Waals surface area contributed by atoms with Crippen molar-refractivity contribution in [3.63, 3.8) is 0 Å². The van der Waals surface area contributed by atoms with Gasteiger partial charge in [-0.2, -0.15) is 12.7 Å². The van der Waals surface area contributed by atoms with Gasteiger partial charge in [0.15, 0.2) is 0 Å². The van der Waals surface area contributed by atoms with Gasteiger partial charge in [-0.3, -0.25) is 0 Å². The number of aromatic amines is 1. The van der Waals surface area contributed by atoms with Crippen LogP contribution in [0.4, 0.5) is 5.69 Å². The van der Waals surface area contributed by atoms with Crippen LogP contribution in [0.3, 0.4) is 0 Å². The summed E-state index contributed by atoms with van der Waals surface area (Å²) in [5, 5.41) is 1.11. The highest BCUT2D eigenvalue weighted by molar-refractivity contribution is 7.87. The van der Waals surface area contributed by atoms with Gasteiger partial charge < -0.3 is 9.88 Å². The minimum absolute atomic E-state index is 0.104. The highest BCUT2D eigenvalue weighted by atomic mass is 32.2. The van der Waals surface area contributed by atoms with E-state index >= 15 is 0 Å². The predicted molar refractivity (Wildman–Crippen MR) is 121 cm³/mol. The zero-order valence-electron chi connectivity index (χ0n) is 17.5. The minimum atomic E-state index is -3.53. The zero-order valence-corrected chi connectivity index (χ0v) is 18.3. The number of anilines is 1. The molecular weight excluding hydrogens is 384 g/mol. The predicted octanol–water partition coefficient (Wildman–Crippen LogP) is 3.54. The van der Waals surface area contributed by atoms with E-state index in [0.717, 1.165) is 27.7 Å². The summed E-state index contributed by atoms with van der Waals surface area (Å²) < 4.78 is 29.7. The third-order valence-electron chi connectivity index (χ3n) is 5.32. The number of para-hydroxylation sites is 1. The number of rotatable bonds is 9. The van der Waals surface area contributed by atoms with Gasteiger partial charge in [-0.15, -0.1) is 0 Å². The molecule has 0 aliphatic heterocycles. The molecule has 1 unspecified atom stereocenters. The minimum Gasteiger partial charge on any atom is -0.378 e. The highest BCUT2D eigenvalue weighted by Gasteiger charge is 2.23. The average molecular weight is 415 g/mol. The molecule has 3 rings (SSSR count). The van der Waals surface area contributed by atoms with Gasteiger partial charge in [0.1, 0.15) is 0 Å². The van der Waals surface area contributed by atoms with Gasteiger partial charge >= 0.3 is 0 Å². The molecule has 0 radical (unpaired) electrons. The molecule has 29 heavy (non-hydrogen) atoms. The molecule has 0 fully saturated rings. The van der Waals surface area contributed by atoms with E-state index in [1.807, 2.05) is 57.2 Å². The third-order valence-corrected chi connectivity index (χ3v) is 7.05. The SMILES string of the molecule is CCN(CC)S(=O)(=O)NCC(c1ccc(N(C)C)cc1)c1c[nH]c2ccccc12. The summed E-state index contributed by atoms with van der Waals surface area (Å²) in [7, 11) is 0.482. The van der Waals surface area contributed by atoms with Gasteiger partial charge in [-0.05, 0) is 29.3 Å². The number of nitrogens with one attached hydrogen (secondary N) is 2. The molecule has 3 aromatic rings. The normalized spacial score (nSPS) is 13.1. The van der Waals surface area contributed by atoms with Crippen LogP contribution in [0.2, 0.25) is 0 Å². The van der Waals surface area contributed by atoms with Gasteiger partial charge in [-0.1, -0.05) is 44.2 Å². The summed E-state index contributed by atoms with van der Waals surface area (Å²) >= 11 is 0. The molecule has 2 N–H and O–H groups in total. The Morgan fingerprint density at radius 2 is 1.66 bits per heavy atom. The van der Waals surface area contributed by atoms with Crippen LogP contribution in [0, 0.1) is 0 Å². The Labute approximate surface area is 173 Å². The van der Waals surface area contributed by atoms with Gasteiger partial charge in [-0.25, -0.2) is 4.72 Å². The van der Waals surface area contributed by atoms with Gasteiger partial charge in [0.25, 0.3) is 10.2 Å². The summed E-state index contributed by atoms with van der Waals surface area (Å²) in [6.45, 7) is 4.88. The van der Waals surface area contributed by atoms with Crippen LogP contribution in [0.15, 0.2) is 54.7 Å². The van der Waals surface area contributed by atoms with Crippen LogP contribution in [0.25, 0.3) is 10.9 Å². The van der Waals surface area contributed by atoms with Gasteiger partial charge in [0.2, 0.25) is 0 Å². The number of aromatic nitrogens is 1.